The van der Waals surface area contributed by atoms with Crippen molar-refractivity contribution in [3.05, 3.63) is 29.3 Å². The zero-order valence-corrected chi connectivity index (χ0v) is 9.96. The standard InChI is InChI=1S/C11H10ClN5/c1-8(6-13)7-17-15-11(14-16-17)9-4-2-3-5-10(9)12/h2-5,8H,7H2,1H3/t8-/m0/s1. The van der Waals surface area contributed by atoms with Gasteiger partial charge >= 0.3 is 0 Å². The molecule has 2 aromatic rings. The first-order valence-corrected chi connectivity index (χ1v) is 5.51. The number of tetrazole rings is 1. The molecule has 86 valence electrons. The molecule has 0 N–H and O–H groups in total. The van der Waals surface area contributed by atoms with E-state index in [9.17, 15) is 0 Å². The lowest BCUT2D eigenvalue weighted by molar-refractivity contribution is 0.463. The lowest BCUT2D eigenvalue weighted by Gasteiger charge is -1.99. The maximum absolute atomic E-state index is 8.70. The van der Waals surface area contributed by atoms with Crippen LogP contribution in [0.3, 0.4) is 0 Å². The van der Waals surface area contributed by atoms with Crippen molar-refractivity contribution in [3.63, 3.8) is 0 Å². The monoisotopic (exact) mass is 247 g/mol. The Balaban J connectivity index is 2.25. The molecule has 0 bridgehead atoms. The van der Waals surface area contributed by atoms with E-state index < -0.39 is 0 Å². The van der Waals surface area contributed by atoms with Crippen molar-refractivity contribution >= 4 is 11.6 Å². The summed E-state index contributed by atoms with van der Waals surface area (Å²) in [5.74, 6) is 0.323. The minimum Gasteiger partial charge on any atom is -0.198 e. The number of halogens is 1. The molecular formula is C11H10ClN5. The van der Waals surface area contributed by atoms with Crippen molar-refractivity contribution in [2.24, 2.45) is 5.92 Å². The highest BCUT2D eigenvalue weighted by molar-refractivity contribution is 6.33. The van der Waals surface area contributed by atoms with Gasteiger partial charge in [0, 0.05) is 5.56 Å². The minimum atomic E-state index is -0.150. The van der Waals surface area contributed by atoms with Crippen molar-refractivity contribution in [1.82, 2.24) is 20.2 Å². The zero-order chi connectivity index (χ0) is 12.3. The van der Waals surface area contributed by atoms with Gasteiger partial charge in [0.25, 0.3) is 0 Å². The lowest BCUT2D eigenvalue weighted by atomic mass is 10.2. The van der Waals surface area contributed by atoms with E-state index in [1.54, 1.807) is 13.0 Å². The summed E-state index contributed by atoms with van der Waals surface area (Å²) in [4.78, 5) is 1.41. The third-order valence-electron chi connectivity index (χ3n) is 2.23. The number of hydrogen-bond acceptors (Lipinski definition) is 4. The van der Waals surface area contributed by atoms with E-state index in [2.05, 4.69) is 21.5 Å². The van der Waals surface area contributed by atoms with E-state index in [0.717, 1.165) is 5.56 Å². The van der Waals surface area contributed by atoms with Gasteiger partial charge in [-0.15, -0.1) is 10.2 Å². The molecule has 0 fully saturated rings. The third-order valence-corrected chi connectivity index (χ3v) is 2.55. The Hall–Kier alpha value is -1.93. The van der Waals surface area contributed by atoms with Crippen LogP contribution in [0.4, 0.5) is 0 Å². The predicted octanol–water partition coefficient (Wildman–Crippen LogP) is 2.15. The predicted molar refractivity (Wildman–Crippen MR) is 63.0 cm³/mol. The van der Waals surface area contributed by atoms with Crippen LogP contribution in [0.2, 0.25) is 5.02 Å². The molecule has 6 heteroatoms. The SMILES string of the molecule is C[C@@H](C#N)Cn1nnc(-c2ccccc2Cl)n1. The van der Waals surface area contributed by atoms with Gasteiger partial charge in [0.05, 0.1) is 23.6 Å². The van der Waals surface area contributed by atoms with Crippen LogP contribution in [0.5, 0.6) is 0 Å². The highest BCUT2D eigenvalue weighted by atomic mass is 35.5. The molecule has 17 heavy (non-hydrogen) atoms. The molecule has 0 aliphatic rings. The Labute approximate surface area is 104 Å². The van der Waals surface area contributed by atoms with Gasteiger partial charge in [-0.1, -0.05) is 23.7 Å². The molecule has 0 spiro atoms. The molecule has 0 saturated carbocycles. The third kappa shape index (κ3) is 2.60. The van der Waals surface area contributed by atoms with Gasteiger partial charge in [-0.3, -0.25) is 0 Å². The Bertz CT molecular complexity index is 557. The summed E-state index contributed by atoms with van der Waals surface area (Å²) in [6.07, 6.45) is 0. The maximum Gasteiger partial charge on any atom is 0.206 e. The molecule has 0 unspecified atom stereocenters. The van der Waals surface area contributed by atoms with E-state index >= 15 is 0 Å². The minimum absolute atomic E-state index is 0.150. The van der Waals surface area contributed by atoms with Gasteiger partial charge in [-0.05, 0) is 24.3 Å². The molecule has 1 atom stereocenters. The first kappa shape index (κ1) is 11.6. The number of hydrogen-bond donors (Lipinski definition) is 0. The Morgan fingerprint density at radius 3 is 2.94 bits per heavy atom. The van der Waals surface area contributed by atoms with Gasteiger partial charge in [-0.25, -0.2) is 0 Å². The van der Waals surface area contributed by atoms with Crippen LogP contribution in [0.15, 0.2) is 24.3 Å². The Kier molecular flexibility index (Phi) is 3.35. The lowest BCUT2D eigenvalue weighted by Crippen LogP contribution is -2.09. The van der Waals surface area contributed by atoms with E-state index in [1.807, 2.05) is 18.2 Å². The van der Waals surface area contributed by atoms with E-state index in [1.165, 1.54) is 4.80 Å². The van der Waals surface area contributed by atoms with Crippen molar-refractivity contribution in [3.8, 4) is 17.5 Å². The first-order valence-electron chi connectivity index (χ1n) is 5.13. The molecule has 0 amide bonds. The summed E-state index contributed by atoms with van der Waals surface area (Å²) in [7, 11) is 0. The molecular weight excluding hydrogens is 238 g/mol. The van der Waals surface area contributed by atoms with E-state index in [4.69, 9.17) is 16.9 Å². The van der Waals surface area contributed by atoms with Crippen LogP contribution in [0.1, 0.15) is 6.92 Å². The summed E-state index contributed by atoms with van der Waals surface area (Å²) < 4.78 is 0. The van der Waals surface area contributed by atoms with Crippen molar-refractivity contribution < 1.29 is 0 Å². The average Bonchev–Trinajstić information content (AvgIpc) is 2.78. The van der Waals surface area contributed by atoms with Gasteiger partial charge in [0.1, 0.15) is 0 Å². The van der Waals surface area contributed by atoms with Crippen LogP contribution in [0, 0.1) is 17.2 Å². The molecule has 0 radical (unpaired) electrons. The van der Waals surface area contributed by atoms with Crippen LogP contribution in [-0.2, 0) is 6.54 Å². The second kappa shape index (κ2) is 4.93. The number of nitriles is 1. The molecule has 0 aliphatic heterocycles. The Morgan fingerprint density at radius 1 is 1.47 bits per heavy atom. The van der Waals surface area contributed by atoms with Crippen molar-refractivity contribution in [2.75, 3.05) is 0 Å². The van der Waals surface area contributed by atoms with Gasteiger partial charge in [0.2, 0.25) is 5.82 Å². The fraction of sp³-hybridized carbons (Fsp3) is 0.273. The normalized spacial score (nSPS) is 12.1. The van der Waals surface area contributed by atoms with Crippen molar-refractivity contribution in [2.45, 2.75) is 13.5 Å². The maximum atomic E-state index is 8.70. The van der Waals surface area contributed by atoms with E-state index in [0.29, 0.717) is 17.4 Å². The smallest absolute Gasteiger partial charge is 0.198 e. The number of benzene rings is 1. The van der Waals surface area contributed by atoms with E-state index in [-0.39, 0.29) is 5.92 Å². The molecule has 1 heterocycles. The highest BCUT2D eigenvalue weighted by Crippen LogP contribution is 2.23. The van der Waals surface area contributed by atoms with Crippen LogP contribution >= 0.6 is 11.6 Å². The summed E-state index contributed by atoms with van der Waals surface area (Å²) >= 11 is 6.03. The fourth-order valence-electron chi connectivity index (χ4n) is 1.36. The van der Waals surface area contributed by atoms with Crippen LogP contribution < -0.4 is 0 Å². The zero-order valence-electron chi connectivity index (χ0n) is 9.21. The second-order valence-corrected chi connectivity index (χ2v) is 4.09. The van der Waals surface area contributed by atoms with Crippen LogP contribution in [0.25, 0.3) is 11.4 Å². The summed E-state index contributed by atoms with van der Waals surface area (Å²) in [6, 6.07) is 9.43. The van der Waals surface area contributed by atoms with Gasteiger partial charge in [-0.2, -0.15) is 10.1 Å². The van der Waals surface area contributed by atoms with Crippen LogP contribution in [-0.4, -0.2) is 20.2 Å². The topological polar surface area (TPSA) is 67.4 Å². The number of nitrogens with zero attached hydrogens (tertiary/aromatic N) is 5. The molecule has 5 nitrogen and oxygen atoms in total. The van der Waals surface area contributed by atoms with Gasteiger partial charge < -0.3 is 0 Å². The quantitative estimate of drug-likeness (QED) is 0.834. The summed E-state index contributed by atoms with van der Waals surface area (Å²) in [5.41, 5.74) is 0.741. The first-order chi connectivity index (χ1) is 8.20. The second-order valence-electron chi connectivity index (χ2n) is 3.68. The molecule has 0 saturated heterocycles. The molecule has 2 rings (SSSR count). The molecule has 0 aliphatic carbocycles. The summed E-state index contributed by atoms with van der Waals surface area (Å²) in [6.45, 7) is 2.23. The van der Waals surface area contributed by atoms with Crippen molar-refractivity contribution in [1.29, 1.82) is 5.26 Å². The number of rotatable bonds is 3. The fourth-order valence-corrected chi connectivity index (χ4v) is 1.58. The Morgan fingerprint density at radius 2 is 2.24 bits per heavy atom. The molecule has 1 aromatic heterocycles. The molecule has 1 aromatic carbocycles. The number of aromatic nitrogens is 4. The largest absolute Gasteiger partial charge is 0.206 e. The highest BCUT2D eigenvalue weighted by Gasteiger charge is 2.10. The van der Waals surface area contributed by atoms with Gasteiger partial charge in [0.15, 0.2) is 0 Å². The average molecular weight is 248 g/mol. The summed E-state index contributed by atoms with van der Waals surface area (Å²) in [5, 5.41) is 21.3.